The average molecular weight is 557 g/mol. The van der Waals surface area contributed by atoms with E-state index in [1.807, 2.05) is 36.4 Å². The van der Waals surface area contributed by atoms with Crippen LogP contribution in [-0.4, -0.2) is 26.1 Å². The Bertz CT molecular complexity index is 677. The molecule has 2 aromatic rings. The topological polar surface area (TPSA) is 26.3 Å². The van der Waals surface area contributed by atoms with Gasteiger partial charge in [0.05, 0.1) is 0 Å². The van der Waals surface area contributed by atoms with Gasteiger partial charge in [0.2, 0.25) is 0 Å². The van der Waals surface area contributed by atoms with Crippen LogP contribution in [0.5, 0.6) is 0 Å². The molecule has 0 bridgehead atoms. The Morgan fingerprint density at radius 3 is 1.33 bits per heavy atom. The van der Waals surface area contributed by atoms with E-state index in [0.717, 1.165) is 12.8 Å². The third-order valence-corrected chi connectivity index (χ3v) is 13.5. The summed E-state index contributed by atoms with van der Waals surface area (Å²) in [6.45, 7) is 2.28. The third kappa shape index (κ3) is 13.2. The molecule has 0 atom stereocenters. The van der Waals surface area contributed by atoms with Gasteiger partial charge in [-0.25, -0.2) is 0 Å². The predicted molar refractivity (Wildman–Crippen MR) is 145 cm³/mol. The SMILES string of the molecule is CCCCCCCCCCCCCCCCCC(=O)[O][SnH]([c]1ccccc1)[c]1ccccc1. The molecule has 0 radical (unpaired) electrons. The Kier molecular flexibility index (Phi) is 16.1. The average Bonchev–Trinajstić information content (AvgIpc) is 2.86. The minimum absolute atomic E-state index is 0.00167. The molecule has 2 aromatic carbocycles. The molecule has 2 nitrogen and oxygen atoms in total. The molecule has 0 saturated heterocycles. The quantitative estimate of drug-likeness (QED) is 0.134. The first-order valence-corrected chi connectivity index (χ1v) is 18.2. The summed E-state index contributed by atoms with van der Waals surface area (Å²) in [5, 5.41) is 0. The van der Waals surface area contributed by atoms with Gasteiger partial charge in [-0.1, -0.05) is 45.4 Å². The van der Waals surface area contributed by atoms with E-state index in [4.69, 9.17) is 3.07 Å². The molecule has 0 aromatic heterocycles. The molecular weight excluding hydrogens is 511 g/mol. The van der Waals surface area contributed by atoms with Crippen LogP contribution in [0.3, 0.4) is 0 Å². The fourth-order valence-corrected chi connectivity index (χ4v) is 10.6. The Hall–Kier alpha value is -1.29. The summed E-state index contributed by atoms with van der Waals surface area (Å²) in [6.07, 6.45) is 20.6. The van der Waals surface area contributed by atoms with Gasteiger partial charge in [-0.2, -0.15) is 0 Å². The van der Waals surface area contributed by atoms with Crippen LogP contribution in [0.1, 0.15) is 110 Å². The molecule has 3 heteroatoms. The standard InChI is InChI=1S/C18H36O2.2C6H5.Sn.H/c1-2-3-4-5-6-7-8-9-10-11-12-13-14-15-16-17-18(19)20;2*1-2-4-6-5-3-1;;/h2-17H2,1H3,(H,19,20);2*1-5H;;/q;;;+1;/p-1. The van der Waals surface area contributed by atoms with E-state index in [0.29, 0.717) is 6.42 Å². The minimum atomic E-state index is -2.79. The van der Waals surface area contributed by atoms with Gasteiger partial charge in [0.1, 0.15) is 0 Å². The van der Waals surface area contributed by atoms with Crippen molar-refractivity contribution in [1.82, 2.24) is 0 Å². The molecule has 2 rings (SSSR count). The van der Waals surface area contributed by atoms with Crippen molar-refractivity contribution in [2.24, 2.45) is 0 Å². The molecule has 0 fully saturated rings. The van der Waals surface area contributed by atoms with Gasteiger partial charge in [0.15, 0.2) is 0 Å². The number of carbonyl (C=O) groups excluding carboxylic acids is 1. The zero-order chi connectivity index (χ0) is 23.4. The molecule has 0 N–H and O–H groups in total. The molecule has 0 heterocycles. The van der Waals surface area contributed by atoms with E-state index in [1.54, 1.807) is 0 Å². The van der Waals surface area contributed by atoms with Crippen molar-refractivity contribution in [2.75, 3.05) is 0 Å². The number of rotatable bonds is 19. The van der Waals surface area contributed by atoms with Crippen molar-refractivity contribution >= 4 is 33.3 Å². The van der Waals surface area contributed by atoms with Gasteiger partial charge < -0.3 is 0 Å². The molecule has 0 spiro atoms. The Morgan fingerprint density at radius 1 is 0.576 bits per heavy atom. The summed E-state index contributed by atoms with van der Waals surface area (Å²) in [5.74, 6) is -0.00167. The van der Waals surface area contributed by atoms with Gasteiger partial charge >= 0.3 is 166 Å². The summed E-state index contributed by atoms with van der Waals surface area (Å²) in [6, 6.07) is 20.7. The summed E-state index contributed by atoms with van der Waals surface area (Å²) < 4.78 is 8.58. The monoisotopic (exact) mass is 558 g/mol. The van der Waals surface area contributed by atoms with Crippen LogP contribution in [0.15, 0.2) is 60.7 Å². The zero-order valence-electron chi connectivity index (χ0n) is 21.0. The maximum atomic E-state index is 12.6. The van der Waals surface area contributed by atoms with Gasteiger partial charge in [0.25, 0.3) is 0 Å². The van der Waals surface area contributed by atoms with Crippen LogP contribution in [0, 0.1) is 0 Å². The number of hydrogen-bond donors (Lipinski definition) is 0. The Labute approximate surface area is 210 Å². The van der Waals surface area contributed by atoms with Crippen LogP contribution in [0.2, 0.25) is 0 Å². The normalized spacial score (nSPS) is 11.1. The van der Waals surface area contributed by atoms with Crippen LogP contribution in [0.4, 0.5) is 0 Å². The number of unbranched alkanes of at least 4 members (excludes halogenated alkanes) is 14. The summed E-state index contributed by atoms with van der Waals surface area (Å²) >= 11 is -2.79. The van der Waals surface area contributed by atoms with E-state index in [2.05, 4.69) is 31.2 Å². The van der Waals surface area contributed by atoms with E-state index >= 15 is 0 Å². The number of hydrogen-bond acceptors (Lipinski definition) is 2. The van der Waals surface area contributed by atoms with Crippen molar-refractivity contribution in [3.05, 3.63) is 60.7 Å². The molecule has 0 aliphatic carbocycles. The maximum absolute atomic E-state index is 12.6. The first-order chi connectivity index (χ1) is 16.3. The molecule has 182 valence electrons. The Balaban J connectivity index is 1.50. The van der Waals surface area contributed by atoms with Gasteiger partial charge in [-0.3, -0.25) is 0 Å². The first kappa shape index (κ1) is 27.9. The first-order valence-electron chi connectivity index (χ1n) is 13.6. The van der Waals surface area contributed by atoms with Crippen molar-refractivity contribution in [2.45, 2.75) is 110 Å². The van der Waals surface area contributed by atoms with E-state index in [-0.39, 0.29) is 5.97 Å². The van der Waals surface area contributed by atoms with Gasteiger partial charge in [-0.15, -0.1) is 0 Å². The number of benzene rings is 2. The molecule has 0 saturated carbocycles. The van der Waals surface area contributed by atoms with E-state index < -0.39 is 20.2 Å². The van der Waals surface area contributed by atoms with Crippen molar-refractivity contribution < 1.29 is 7.87 Å². The molecule has 33 heavy (non-hydrogen) atoms. The fourth-order valence-electron chi connectivity index (χ4n) is 4.42. The van der Waals surface area contributed by atoms with Crippen LogP contribution in [-0.2, 0) is 7.87 Å². The van der Waals surface area contributed by atoms with Crippen LogP contribution >= 0.6 is 0 Å². The van der Waals surface area contributed by atoms with E-state index in [1.165, 1.54) is 90.6 Å². The van der Waals surface area contributed by atoms with Crippen molar-refractivity contribution in [3.63, 3.8) is 0 Å². The molecule has 0 aliphatic rings. The third-order valence-electron chi connectivity index (χ3n) is 6.44. The molecule has 0 aliphatic heterocycles. The number of carbonyl (C=O) groups is 1. The predicted octanol–water partition coefficient (Wildman–Crippen LogP) is 7.33. The van der Waals surface area contributed by atoms with Crippen molar-refractivity contribution in [3.8, 4) is 0 Å². The summed E-state index contributed by atoms with van der Waals surface area (Å²) in [5.41, 5.74) is 0. The van der Waals surface area contributed by atoms with Crippen molar-refractivity contribution in [1.29, 1.82) is 0 Å². The second-order valence-electron chi connectivity index (χ2n) is 9.39. The Morgan fingerprint density at radius 2 is 0.939 bits per heavy atom. The second-order valence-corrected chi connectivity index (χ2v) is 16.0. The summed E-state index contributed by atoms with van der Waals surface area (Å²) in [7, 11) is 0. The fraction of sp³-hybridized carbons (Fsp3) is 0.567. The van der Waals surface area contributed by atoms with Crippen LogP contribution in [0.25, 0.3) is 0 Å². The van der Waals surface area contributed by atoms with Gasteiger partial charge in [-0.05, 0) is 0 Å². The zero-order valence-corrected chi connectivity index (χ0v) is 24.3. The van der Waals surface area contributed by atoms with E-state index in [9.17, 15) is 4.79 Å². The molecule has 0 amide bonds. The molecular formula is C30H46O2Sn. The second kappa shape index (κ2) is 19.1. The summed E-state index contributed by atoms with van der Waals surface area (Å²) in [4.78, 5) is 12.6. The van der Waals surface area contributed by atoms with Crippen LogP contribution < -0.4 is 7.16 Å². The molecule has 0 unspecified atom stereocenters. The van der Waals surface area contributed by atoms with Gasteiger partial charge in [0, 0.05) is 0 Å².